The van der Waals surface area contributed by atoms with E-state index in [1.807, 2.05) is 0 Å². The first-order valence-electron chi connectivity index (χ1n) is 5.29. The number of rotatable bonds is 4. The van der Waals surface area contributed by atoms with Gasteiger partial charge in [-0.05, 0) is 12.8 Å². The summed E-state index contributed by atoms with van der Waals surface area (Å²) in [5, 5.41) is 11.1. The first-order valence-corrected chi connectivity index (χ1v) is 5.29. The Morgan fingerprint density at radius 3 is 2.41 bits per heavy atom. The number of hydrogen-bond donors (Lipinski definition) is 2. The molecule has 0 saturated carbocycles. The molecule has 0 unspecified atom stereocenters. The van der Waals surface area contributed by atoms with Crippen LogP contribution in [0, 0.1) is 0 Å². The molecule has 2 N–H and O–H groups in total. The van der Waals surface area contributed by atoms with Crippen molar-refractivity contribution in [2.75, 3.05) is 20.6 Å². The minimum atomic E-state index is -1.06. The molecule has 1 rings (SSSR count). The van der Waals surface area contributed by atoms with Crippen LogP contribution in [0.1, 0.15) is 12.8 Å². The Labute approximate surface area is 98.7 Å². The van der Waals surface area contributed by atoms with Crippen LogP contribution in [0.2, 0.25) is 0 Å². The van der Waals surface area contributed by atoms with E-state index in [9.17, 15) is 14.4 Å². The van der Waals surface area contributed by atoms with E-state index in [2.05, 4.69) is 5.32 Å². The van der Waals surface area contributed by atoms with Crippen LogP contribution in [0.15, 0.2) is 0 Å². The van der Waals surface area contributed by atoms with Crippen LogP contribution in [0.4, 0.5) is 0 Å². The average molecular weight is 244 g/mol. The summed E-state index contributed by atoms with van der Waals surface area (Å²) in [5.41, 5.74) is 0. The number of nitrogens with one attached hydrogen (secondary N) is 1. The van der Waals surface area contributed by atoms with Gasteiger partial charge in [0.25, 0.3) is 5.91 Å². The largest absolute Gasteiger partial charge is 0.479 e. The molecule has 1 aliphatic rings. The molecule has 1 saturated heterocycles. The van der Waals surface area contributed by atoms with Crippen molar-refractivity contribution in [3.63, 3.8) is 0 Å². The Balaban J connectivity index is 2.48. The van der Waals surface area contributed by atoms with Gasteiger partial charge in [-0.15, -0.1) is 0 Å². The number of ether oxygens (including phenoxy) is 1. The van der Waals surface area contributed by atoms with E-state index < -0.39 is 18.2 Å². The van der Waals surface area contributed by atoms with Gasteiger partial charge in [-0.3, -0.25) is 9.59 Å². The second-order valence-corrected chi connectivity index (χ2v) is 3.90. The highest BCUT2D eigenvalue weighted by atomic mass is 16.5. The van der Waals surface area contributed by atoms with Gasteiger partial charge in [0.1, 0.15) is 6.10 Å². The van der Waals surface area contributed by atoms with E-state index >= 15 is 0 Å². The highest BCUT2D eigenvalue weighted by molar-refractivity contribution is 5.87. The Morgan fingerprint density at radius 2 is 1.94 bits per heavy atom. The first-order chi connectivity index (χ1) is 7.95. The fourth-order valence-electron chi connectivity index (χ4n) is 1.62. The Morgan fingerprint density at radius 1 is 1.35 bits per heavy atom. The predicted molar refractivity (Wildman–Crippen MR) is 57.2 cm³/mol. The molecule has 0 aliphatic carbocycles. The van der Waals surface area contributed by atoms with Crippen molar-refractivity contribution in [1.29, 1.82) is 0 Å². The van der Waals surface area contributed by atoms with E-state index in [-0.39, 0.29) is 18.4 Å². The molecular weight excluding hydrogens is 228 g/mol. The van der Waals surface area contributed by atoms with Gasteiger partial charge in [-0.2, -0.15) is 0 Å². The third-order valence-corrected chi connectivity index (χ3v) is 2.61. The molecule has 7 heteroatoms. The van der Waals surface area contributed by atoms with Crippen LogP contribution in [0.5, 0.6) is 0 Å². The highest BCUT2D eigenvalue weighted by Gasteiger charge is 2.36. The quantitative estimate of drug-likeness (QED) is 0.649. The summed E-state index contributed by atoms with van der Waals surface area (Å²) in [6, 6.07) is 0. The lowest BCUT2D eigenvalue weighted by Gasteiger charge is -2.20. The van der Waals surface area contributed by atoms with Gasteiger partial charge in [0.2, 0.25) is 5.91 Å². The number of aliphatic carboxylic acids is 1. The predicted octanol–water partition coefficient (Wildman–Crippen LogP) is -1.18. The number of carboxylic acid groups (broad SMARTS) is 1. The lowest BCUT2D eigenvalue weighted by Crippen LogP contribution is -2.42. The lowest BCUT2D eigenvalue weighted by atomic mass is 10.2. The van der Waals surface area contributed by atoms with Crippen molar-refractivity contribution >= 4 is 17.8 Å². The van der Waals surface area contributed by atoms with Gasteiger partial charge in [0.15, 0.2) is 6.10 Å². The normalized spacial score (nSPS) is 23.2. The Bertz CT molecular complexity index is 331. The van der Waals surface area contributed by atoms with Gasteiger partial charge in [0.05, 0.1) is 6.54 Å². The Kier molecular flexibility index (Phi) is 4.45. The molecule has 7 nitrogen and oxygen atoms in total. The Hall–Kier alpha value is -1.63. The van der Waals surface area contributed by atoms with Gasteiger partial charge < -0.3 is 20.1 Å². The van der Waals surface area contributed by atoms with Crippen LogP contribution in [0.3, 0.4) is 0 Å². The van der Waals surface area contributed by atoms with Crippen LogP contribution in [-0.4, -0.2) is 60.6 Å². The maximum atomic E-state index is 11.8. The number of nitrogens with zero attached hydrogens (tertiary/aromatic N) is 1. The van der Waals surface area contributed by atoms with E-state index in [1.165, 1.54) is 19.0 Å². The fraction of sp³-hybridized carbons (Fsp3) is 0.700. The van der Waals surface area contributed by atoms with Gasteiger partial charge >= 0.3 is 5.97 Å². The monoisotopic (exact) mass is 244 g/mol. The van der Waals surface area contributed by atoms with E-state index in [4.69, 9.17) is 9.84 Å². The van der Waals surface area contributed by atoms with Crippen molar-refractivity contribution in [2.45, 2.75) is 25.0 Å². The molecular formula is C10H16N2O5. The number of carboxylic acids is 1. The summed E-state index contributed by atoms with van der Waals surface area (Å²) in [4.78, 5) is 34.7. The van der Waals surface area contributed by atoms with Gasteiger partial charge in [0, 0.05) is 14.1 Å². The zero-order valence-corrected chi connectivity index (χ0v) is 9.80. The van der Waals surface area contributed by atoms with Crippen molar-refractivity contribution < 1.29 is 24.2 Å². The zero-order valence-electron chi connectivity index (χ0n) is 9.80. The van der Waals surface area contributed by atoms with Gasteiger partial charge in [-0.1, -0.05) is 0 Å². The molecule has 0 spiro atoms. The topological polar surface area (TPSA) is 95.9 Å². The minimum absolute atomic E-state index is 0.0626. The zero-order chi connectivity index (χ0) is 13.0. The molecule has 0 radical (unpaired) electrons. The molecule has 96 valence electrons. The summed E-state index contributed by atoms with van der Waals surface area (Å²) in [6.45, 7) is -0.0626. The molecule has 1 fully saturated rings. The SMILES string of the molecule is CNC(=O)CN(C)C(=O)[C@@H]1CC[C@H](C(=O)O)O1. The third kappa shape index (κ3) is 3.42. The molecule has 0 aromatic carbocycles. The molecule has 0 bridgehead atoms. The summed E-state index contributed by atoms with van der Waals surface area (Å²) in [6.07, 6.45) is -0.990. The average Bonchev–Trinajstić information content (AvgIpc) is 2.77. The van der Waals surface area contributed by atoms with Gasteiger partial charge in [-0.25, -0.2) is 4.79 Å². The van der Waals surface area contributed by atoms with Crippen LogP contribution in [0.25, 0.3) is 0 Å². The second-order valence-electron chi connectivity index (χ2n) is 3.90. The molecule has 0 aromatic rings. The van der Waals surface area contributed by atoms with E-state index in [0.717, 1.165) is 0 Å². The summed E-state index contributed by atoms with van der Waals surface area (Å²) >= 11 is 0. The molecule has 1 heterocycles. The maximum Gasteiger partial charge on any atom is 0.332 e. The molecule has 0 aromatic heterocycles. The molecule has 2 atom stereocenters. The standard InChI is InChI=1S/C10H16N2O5/c1-11-8(13)5-12(2)9(14)6-3-4-7(17-6)10(15)16/h6-7H,3-5H2,1-2H3,(H,11,13)(H,15,16)/t6-,7+/m0/s1. The summed E-state index contributed by atoms with van der Waals surface area (Å²) < 4.78 is 5.10. The number of hydrogen-bond acceptors (Lipinski definition) is 4. The fourth-order valence-corrected chi connectivity index (χ4v) is 1.62. The molecule has 1 aliphatic heterocycles. The molecule has 2 amide bonds. The van der Waals surface area contributed by atoms with Crippen LogP contribution < -0.4 is 5.32 Å². The van der Waals surface area contributed by atoms with Crippen LogP contribution >= 0.6 is 0 Å². The number of likely N-dealkylation sites (N-methyl/N-ethyl adjacent to an activating group) is 2. The smallest absolute Gasteiger partial charge is 0.332 e. The molecule has 17 heavy (non-hydrogen) atoms. The summed E-state index contributed by atoms with van der Waals surface area (Å²) in [5.74, 6) is -1.71. The number of amides is 2. The van der Waals surface area contributed by atoms with Crippen molar-refractivity contribution in [2.24, 2.45) is 0 Å². The maximum absolute atomic E-state index is 11.8. The first kappa shape index (κ1) is 13.4. The third-order valence-electron chi connectivity index (χ3n) is 2.61. The second kappa shape index (κ2) is 5.62. The van der Waals surface area contributed by atoms with Crippen LogP contribution in [-0.2, 0) is 19.1 Å². The van der Waals surface area contributed by atoms with E-state index in [1.54, 1.807) is 0 Å². The van der Waals surface area contributed by atoms with E-state index in [0.29, 0.717) is 12.8 Å². The highest BCUT2D eigenvalue weighted by Crippen LogP contribution is 2.21. The summed E-state index contributed by atoms with van der Waals surface area (Å²) in [7, 11) is 2.96. The van der Waals surface area contributed by atoms with Crippen molar-refractivity contribution in [3.05, 3.63) is 0 Å². The number of carbonyl (C=O) groups excluding carboxylic acids is 2. The van der Waals surface area contributed by atoms with Crippen molar-refractivity contribution in [1.82, 2.24) is 10.2 Å². The van der Waals surface area contributed by atoms with Crippen molar-refractivity contribution in [3.8, 4) is 0 Å². The number of carbonyl (C=O) groups is 3. The minimum Gasteiger partial charge on any atom is -0.479 e. The lowest BCUT2D eigenvalue weighted by molar-refractivity contribution is -0.155.